The first-order valence-corrected chi connectivity index (χ1v) is 5.13. The van der Waals surface area contributed by atoms with E-state index in [0.29, 0.717) is 5.69 Å². The summed E-state index contributed by atoms with van der Waals surface area (Å²) in [4.78, 5) is 11.7. The number of alkyl halides is 1. The van der Waals surface area contributed by atoms with E-state index in [9.17, 15) is 4.79 Å². The number of thiocyanates is 1. The zero-order valence-electron chi connectivity index (χ0n) is 7.16. The molecule has 0 saturated carbocycles. The fourth-order valence-corrected chi connectivity index (χ4v) is 1.30. The normalized spacial score (nSPS) is 9.14. The molecule has 0 saturated heterocycles. The molecule has 3 nitrogen and oxygen atoms in total. The molecule has 5 heteroatoms. The molecule has 0 radical (unpaired) electrons. The SMILES string of the molecule is N#CSc1ccc(NC(=O)CCl)cc1. The molecule has 1 aromatic carbocycles. The van der Waals surface area contributed by atoms with Gasteiger partial charge in [-0.2, -0.15) is 5.26 Å². The van der Waals surface area contributed by atoms with Gasteiger partial charge in [0.25, 0.3) is 0 Å². The molecular weight excluding hydrogens is 220 g/mol. The Morgan fingerprint density at radius 2 is 2.14 bits per heavy atom. The zero-order chi connectivity index (χ0) is 10.4. The van der Waals surface area contributed by atoms with E-state index in [0.717, 1.165) is 16.7 Å². The number of carbonyl (C=O) groups excluding carboxylic acids is 1. The predicted octanol–water partition coefficient (Wildman–Crippen LogP) is 2.44. The second kappa shape index (κ2) is 5.53. The van der Waals surface area contributed by atoms with Crippen molar-refractivity contribution in [2.45, 2.75) is 4.90 Å². The fraction of sp³-hybridized carbons (Fsp3) is 0.111. The number of rotatable bonds is 3. The van der Waals surface area contributed by atoms with Gasteiger partial charge in [0.2, 0.25) is 5.91 Å². The van der Waals surface area contributed by atoms with Gasteiger partial charge in [0.15, 0.2) is 0 Å². The van der Waals surface area contributed by atoms with Crippen molar-refractivity contribution in [3.63, 3.8) is 0 Å². The molecule has 1 rings (SSSR count). The minimum absolute atomic E-state index is 0.0608. The number of amides is 1. The topological polar surface area (TPSA) is 52.9 Å². The van der Waals surface area contributed by atoms with Crippen molar-refractivity contribution >= 4 is 35.0 Å². The number of nitrogens with one attached hydrogen (secondary N) is 1. The largest absolute Gasteiger partial charge is 0.325 e. The third-order valence-electron chi connectivity index (χ3n) is 1.42. The maximum absolute atomic E-state index is 10.9. The van der Waals surface area contributed by atoms with Gasteiger partial charge in [-0.05, 0) is 36.0 Å². The van der Waals surface area contributed by atoms with Crippen molar-refractivity contribution < 1.29 is 4.79 Å². The van der Waals surface area contributed by atoms with Gasteiger partial charge in [-0.25, -0.2) is 0 Å². The Morgan fingerprint density at radius 1 is 1.50 bits per heavy atom. The first-order chi connectivity index (χ1) is 6.76. The monoisotopic (exact) mass is 226 g/mol. The molecule has 14 heavy (non-hydrogen) atoms. The zero-order valence-corrected chi connectivity index (χ0v) is 8.73. The molecule has 0 aliphatic rings. The van der Waals surface area contributed by atoms with E-state index >= 15 is 0 Å². The van der Waals surface area contributed by atoms with Gasteiger partial charge in [0.1, 0.15) is 11.3 Å². The Labute approximate surface area is 91.1 Å². The Balaban J connectivity index is 2.65. The molecule has 0 fully saturated rings. The molecule has 0 spiro atoms. The van der Waals surface area contributed by atoms with Crippen LogP contribution in [0.15, 0.2) is 29.2 Å². The molecule has 72 valence electrons. The van der Waals surface area contributed by atoms with Crippen molar-refractivity contribution in [1.82, 2.24) is 0 Å². The second-order valence-electron chi connectivity index (χ2n) is 2.40. The highest BCUT2D eigenvalue weighted by Gasteiger charge is 1.99. The van der Waals surface area contributed by atoms with E-state index in [2.05, 4.69) is 5.32 Å². The van der Waals surface area contributed by atoms with Gasteiger partial charge in [-0.15, -0.1) is 11.6 Å². The molecule has 1 aromatic rings. The highest BCUT2D eigenvalue weighted by atomic mass is 35.5. The van der Waals surface area contributed by atoms with Crippen LogP contribution in [0.1, 0.15) is 0 Å². The summed E-state index contributed by atoms with van der Waals surface area (Å²) in [5.74, 6) is -0.304. The van der Waals surface area contributed by atoms with Gasteiger partial charge in [-0.1, -0.05) is 0 Å². The number of carbonyl (C=O) groups is 1. The van der Waals surface area contributed by atoms with E-state index in [1.54, 1.807) is 24.3 Å². The average Bonchev–Trinajstić information content (AvgIpc) is 2.21. The summed E-state index contributed by atoms with van der Waals surface area (Å²) < 4.78 is 0. The summed E-state index contributed by atoms with van der Waals surface area (Å²) in [6.07, 6.45) is 0. The van der Waals surface area contributed by atoms with Gasteiger partial charge in [-0.3, -0.25) is 4.79 Å². The molecule has 0 aliphatic carbocycles. The van der Waals surface area contributed by atoms with Gasteiger partial charge >= 0.3 is 0 Å². The number of anilines is 1. The number of halogens is 1. The van der Waals surface area contributed by atoms with E-state index < -0.39 is 0 Å². The standard InChI is InChI=1S/C9H7ClN2OS/c10-5-9(13)12-7-1-3-8(4-2-7)14-6-11/h1-4H,5H2,(H,12,13). The lowest BCUT2D eigenvalue weighted by Crippen LogP contribution is -2.12. The lowest BCUT2D eigenvalue weighted by atomic mass is 10.3. The van der Waals surface area contributed by atoms with E-state index in [1.165, 1.54) is 0 Å². The Kier molecular flexibility index (Phi) is 4.30. The Bertz CT molecular complexity index is 358. The minimum Gasteiger partial charge on any atom is -0.325 e. The van der Waals surface area contributed by atoms with Crippen LogP contribution in [0.2, 0.25) is 0 Å². The summed E-state index contributed by atoms with van der Waals surface area (Å²) in [6.45, 7) is 0. The van der Waals surface area contributed by atoms with Crippen LogP contribution in [0, 0.1) is 10.7 Å². The quantitative estimate of drug-likeness (QED) is 0.489. The van der Waals surface area contributed by atoms with Crippen LogP contribution in [0.3, 0.4) is 0 Å². The molecule has 0 heterocycles. The fourth-order valence-electron chi connectivity index (χ4n) is 0.853. The van der Waals surface area contributed by atoms with Crippen LogP contribution in [0.4, 0.5) is 5.69 Å². The summed E-state index contributed by atoms with van der Waals surface area (Å²) >= 11 is 6.40. The molecular formula is C9H7ClN2OS. The molecule has 0 aromatic heterocycles. The van der Waals surface area contributed by atoms with Crippen LogP contribution < -0.4 is 5.32 Å². The number of hydrogen-bond acceptors (Lipinski definition) is 3. The second-order valence-corrected chi connectivity index (χ2v) is 3.52. The van der Waals surface area contributed by atoms with Gasteiger partial charge in [0.05, 0.1) is 0 Å². The molecule has 0 atom stereocenters. The van der Waals surface area contributed by atoms with Gasteiger partial charge in [0, 0.05) is 10.6 Å². The van der Waals surface area contributed by atoms with Crippen LogP contribution >= 0.6 is 23.4 Å². The van der Waals surface area contributed by atoms with Crippen LogP contribution in [0.5, 0.6) is 0 Å². The van der Waals surface area contributed by atoms with Crippen molar-refractivity contribution in [3.05, 3.63) is 24.3 Å². The maximum Gasteiger partial charge on any atom is 0.239 e. The Morgan fingerprint density at radius 3 is 2.64 bits per heavy atom. The third-order valence-corrected chi connectivity index (χ3v) is 2.26. The first-order valence-electron chi connectivity index (χ1n) is 3.78. The number of nitriles is 1. The first kappa shape index (κ1) is 10.9. The van der Waals surface area contributed by atoms with Crippen molar-refractivity contribution in [2.75, 3.05) is 11.2 Å². The summed E-state index contributed by atoms with van der Waals surface area (Å²) in [6, 6.07) is 6.98. The van der Waals surface area contributed by atoms with Crippen molar-refractivity contribution in [3.8, 4) is 5.40 Å². The van der Waals surface area contributed by atoms with Crippen molar-refractivity contribution in [1.29, 1.82) is 5.26 Å². The molecule has 0 bridgehead atoms. The van der Waals surface area contributed by atoms with Gasteiger partial charge < -0.3 is 5.32 Å². The van der Waals surface area contributed by atoms with E-state index in [1.807, 2.05) is 5.40 Å². The van der Waals surface area contributed by atoms with Crippen LogP contribution in [0.25, 0.3) is 0 Å². The number of hydrogen-bond donors (Lipinski definition) is 1. The molecule has 1 amide bonds. The summed E-state index contributed by atoms with van der Waals surface area (Å²) in [5.41, 5.74) is 0.679. The highest BCUT2D eigenvalue weighted by Crippen LogP contribution is 2.18. The average molecular weight is 227 g/mol. The third kappa shape index (κ3) is 3.29. The molecule has 1 N–H and O–H groups in total. The van der Waals surface area contributed by atoms with Crippen LogP contribution in [-0.2, 0) is 4.79 Å². The highest BCUT2D eigenvalue weighted by molar-refractivity contribution is 8.03. The maximum atomic E-state index is 10.9. The number of nitrogens with zero attached hydrogens (tertiary/aromatic N) is 1. The number of thioether (sulfide) groups is 1. The summed E-state index contributed by atoms with van der Waals surface area (Å²) in [7, 11) is 0. The van der Waals surface area contributed by atoms with E-state index in [-0.39, 0.29) is 11.8 Å². The van der Waals surface area contributed by atoms with E-state index in [4.69, 9.17) is 16.9 Å². The summed E-state index contributed by atoms with van der Waals surface area (Å²) in [5, 5.41) is 13.0. The number of benzene rings is 1. The molecule has 0 unspecified atom stereocenters. The van der Waals surface area contributed by atoms with Crippen molar-refractivity contribution in [2.24, 2.45) is 0 Å². The Hall–Kier alpha value is -1.18. The molecule has 0 aliphatic heterocycles. The lowest BCUT2D eigenvalue weighted by molar-refractivity contribution is -0.113. The smallest absolute Gasteiger partial charge is 0.239 e. The predicted molar refractivity (Wildman–Crippen MR) is 57.3 cm³/mol. The minimum atomic E-state index is -0.243. The lowest BCUT2D eigenvalue weighted by Gasteiger charge is -2.02. The van der Waals surface area contributed by atoms with Crippen LogP contribution in [-0.4, -0.2) is 11.8 Å².